The number of sulfonamides is 1. The Morgan fingerprint density at radius 1 is 1.45 bits per heavy atom. The molecule has 1 saturated heterocycles. The third-order valence-corrected chi connectivity index (χ3v) is 5.73. The van der Waals surface area contributed by atoms with Crippen LogP contribution in [-0.2, 0) is 21.4 Å². The van der Waals surface area contributed by atoms with Crippen LogP contribution in [0.4, 0.5) is 0 Å². The Balaban J connectivity index is 2.01. The number of carbonyl (C=O) groups is 1. The summed E-state index contributed by atoms with van der Waals surface area (Å²) in [5, 5.41) is 3.34. The number of hydrogen-bond acceptors (Lipinski definition) is 3. The Bertz CT molecular complexity index is 603. The normalized spacial score (nSPS) is 21.8. The summed E-state index contributed by atoms with van der Waals surface area (Å²) in [6.45, 7) is 2.34. The van der Waals surface area contributed by atoms with E-state index in [1.54, 1.807) is 13.0 Å². The van der Waals surface area contributed by atoms with Crippen LogP contribution >= 0.6 is 11.6 Å². The second kappa shape index (κ2) is 6.11. The lowest BCUT2D eigenvalue weighted by Crippen LogP contribution is -2.44. The molecule has 1 heterocycles. The zero-order valence-electron chi connectivity index (χ0n) is 11.2. The van der Waals surface area contributed by atoms with Crippen molar-refractivity contribution < 1.29 is 13.2 Å². The number of likely N-dealkylation sites (N-methyl/N-ethyl adjacent to an activating group) is 1. The van der Waals surface area contributed by atoms with E-state index in [9.17, 15) is 13.2 Å². The predicted octanol–water partition coefficient (Wildman–Crippen LogP) is 1.38. The van der Waals surface area contributed by atoms with Gasteiger partial charge in [0, 0.05) is 18.1 Å². The van der Waals surface area contributed by atoms with Crippen LogP contribution in [-0.4, -0.2) is 37.0 Å². The minimum absolute atomic E-state index is 0.0328. The minimum atomic E-state index is -3.28. The first-order valence-corrected chi connectivity index (χ1v) is 8.45. The molecule has 0 aliphatic carbocycles. The number of halogens is 1. The molecule has 20 heavy (non-hydrogen) atoms. The second-order valence-electron chi connectivity index (χ2n) is 4.63. The molecule has 1 aliphatic heterocycles. The lowest BCUT2D eigenvalue weighted by atomic mass is 10.2. The van der Waals surface area contributed by atoms with Gasteiger partial charge in [-0.2, -0.15) is 4.31 Å². The molecule has 1 amide bonds. The number of benzene rings is 1. The van der Waals surface area contributed by atoms with E-state index in [0.29, 0.717) is 24.5 Å². The first-order chi connectivity index (χ1) is 9.45. The highest BCUT2D eigenvalue weighted by atomic mass is 35.5. The third-order valence-electron chi connectivity index (χ3n) is 3.38. The second-order valence-corrected chi connectivity index (χ2v) is 7.08. The van der Waals surface area contributed by atoms with Crippen LogP contribution in [0.25, 0.3) is 0 Å². The maximum Gasteiger partial charge on any atom is 0.238 e. The van der Waals surface area contributed by atoms with Gasteiger partial charge in [0.1, 0.15) is 6.04 Å². The van der Waals surface area contributed by atoms with Gasteiger partial charge in [0.05, 0.1) is 5.75 Å². The van der Waals surface area contributed by atoms with Crippen molar-refractivity contribution in [1.29, 1.82) is 0 Å². The monoisotopic (exact) mass is 316 g/mol. The van der Waals surface area contributed by atoms with Crippen molar-refractivity contribution in [3.63, 3.8) is 0 Å². The van der Waals surface area contributed by atoms with Crippen molar-refractivity contribution in [1.82, 2.24) is 9.62 Å². The number of nitrogens with zero attached hydrogens (tertiary/aromatic N) is 1. The number of nitrogens with one attached hydrogen (secondary N) is 1. The third kappa shape index (κ3) is 3.13. The predicted molar refractivity (Wildman–Crippen MR) is 77.9 cm³/mol. The Morgan fingerprint density at radius 3 is 2.80 bits per heavy atom. The zero-order chi connectivity index (χ0) is 14.8. The topological polar surface area (TPSA) is 66.5 Å². The molecule has 1 aromatic carbocycles. The van der Waals surface area contributed by atoms with E-state index in [0.717, 1.165) is 5.56 Å². The van der Waals surface area contributed by atoms with Crippen molar-refractivity contribution in [3.05, 3.63) is 34.9 Å². The van der Waals surface area contributed by atoms with E-state index < -0.39 is 16.1 Å². The van der Waals surface area contributed by atoms with Crippen molar-refractivity contribution in [2.75, 3.05) is 12.3 Å². The van der Waals surface area contributed by atoms with Crippen LogP contribution in [0.3, 0.4) is 0 Å². The number of amides is 1. The highest BCUT2D eigenvalue weighted by Crippen LogP contribution is 2.21. The van der Waals surface area contributed by atoms with Gasteiger partial charge in [-0.1, -0.05) is 36.7 Å². The molecule has 0 aromatic heterocycles. The molecule has 5 nitrogen and oxygen atoms in total. The molecule has 0 bridgehead atoms. The van der Waals surface area contributed by atoms with Gasteiger partial charge < -0.3 is 5.32 Å². The smallest absolute Gasteiger partial charge is 0.238 e. The van der Waals surface area contributed by atoms with Gasteiger partial charge in [0.2, 0.25) is 15.9 Å². The molecule has 1 N–H and O–H groups in total. The van der Waals surface area contributed by atoms with E-state index in [1.807, 2.05) is 18.2 Å². The van der Waals surface area contributed by atoms with Crippen LogP contribution in [0, 0.1) is 0 Å². The molecule has 0 spiro atoms. The van der Waals surface area contributed by atoms with Gasteiger partial charge in [0.15, 0.2) is 0 Å². The Hall–Kier alpha value is -1.11. The van der Waals surface area contributed by atoms with E-state index in [-0.39, 0.29) is 11.7 Å². The summed E-state index contributed by atoms with van der Waals surface area (Å²) in [4.78, 5) is 12.1. The first-order valence-electron chi connectivity index (χ1n) is 6.46. The largest absolute Gasteiger partial charge is 0.351 e. The highest BCUT2D eigenvalue weighted by Gasteiger charge is 2.40. The molecular formula is C13H17ClN2O3S. The summed E-state index contributed by atoms with van der Waals surface area (Å²) in [5.74, 6) is -0.238. The van der Waals surface area contributed by atoms with Crippen LogP contribution in [0.2, 0.25) is 5.02 Å². The summed E-state index contributed by atoms with van der Waals surface area (Å²) >= 11 is 6.01. The molecule has 1 aliphatic rings. The van der Waals surface area contributed by atoms with Gasteiger partial charge in [-0.3, -0.25) is 4.79 Å². The quantitative estimate of drug-likeness (QED) is 0.912. The maximum absolute atomic E-state index is 12.1. The molecule has 1 fully saturated rings. The summed E-state index contributed by atoms with van der Waals surface area (Å²) in [5.41, 5.74) is 0.811. The average molecular weight is 317 g/mol. The molecule has 110 valence electrons. The van der Waals surface area contributed by atoms with Crippen molar-refractivity contribution in [2.45, 2.75) is 25.9 Å². The van der Waals surface area contributed by atoms with E-state index in [4.69, 9.17) is 11.6 Å². The van der Waals surface area contributed by atoms with Gasteiger partial charge >= 0.3 is 0 Å². The number of carbonyl (C=O) groups excluding carboxylic acids is 1. The molecule has 7 heteroatoms. The van der Waals surface area contributed by atoms with Crippen LogP contribution in [0.1, 0.15) is 18.9 Å². The first kappa shape index (κ1) is 15.3. The van der Waals surface area contributed by atoms with Gasteiger partial charge in [-0.25, -0.2) is 8.42 Å². The van der Waals surface area contributed by atoms with E-state index in [2.05, 4.69) is 5.32 Å². The van der Waals surface area contributed by atoms with Crippen LogP contribution < -0.4 is 5.32 Å². The van der Waals surface area contributed by atoms with Crippen molar-refractivity contribution >= 4 is 27.5 Å². The standard InChI is InChI=1S/C13H17ClN2O3S/c1-2-16-12(7-8-20(16,18)19)13(17)15-9-10-5-3-4-6-11(10)14/h3-6,12H,2,7-9H2,1H3,(H,15,17)/t12-/m0/s1. The lowest BCUT2D eigenvalue weighted by Gasteiger charge is -2.20. The fraction of sp³-hybridized carbons (Fsp3) is 0.462. The fourth-order valence-electron chi connectivity index (χ4n) is 2.34. The highest BCUT2D eigenvalue weighted by molar-refractivity contribution is 7.89. The molecule has 0 saturated carbocycles. The van der Waals surface area contributed by atoms with Crippen molar-refractivity contribution in [3.8, 4) is 0 Å². The Kier molecular flexibility index (Phi) is 4.67. The molecule has 1 atom stereocenters. The molecular weight excluding hydrogens is 300 g/mol. The molecule has 0 unspecified atom stereocenters. The van der Waals surface area contributed by atoms with Crippen LogP contribution in [0.5, 0.6) is 0 Å². The van der Waals surface area contributed by atoms with Crippen molar-refractivity contribution in [2.24, 2.45) is 0 Å². The Morgan fingerprint density at radius 2 is 2.15 bits per heavy atom. The SMILES string of the molecule is CCN1[C@H](C(=O)NCc2ccccc2Cl)CCS1(=O)=O. The Labute approximate surface area is 124 Å². The number of hydrogen-bond donors (Lipinski definition) is 1. The summed E-state index contributed by atoms with van der Waals surface area (Å²) in [7, 11) is -3.28. The molecule has 1 aromatic rings. The van der Waals surface area contributed by atoms with E-state index in [1.165, 1.54) is 4.31 Å². The van der Waals surface area contributed by atoms with E-state index >= 15 is 0 Å². The fourth-order valence-corrected chi connectivity index (χ4v) is 4.28. The molecule has 0 radical (unpaired) electrons. The lowest BCUT2D eigenvalue weighted by molar-refractivity contribution is -0.124. The van der Waals surface area contributed by atoms with Gasteiger partial charge in [-0.15, -0.1) is 0 Å². The number of rotatable bonds is 4. The van der Waals surface area contributed by atoms with Crippen LogP contribution in [0.15, 0.2) is 24.3 Å². The minimum Gasteiger partial charge on any atom is -0.351 e. The summed E-state index contributed by atoms with van der Waals surface area (Å²) in [6, 6.07) is 6.63. The summed E-state index contributed by atoms with van der Waals surface area (Å²) < 4.78 is 24.8. The summed E-state index contributed by atoms with van der Waals surface area (Å²) in [6.07, 6.45) is 0.338. The van der Waals surface area contributed by atoms with Gasteiger partial charge in [0.25, 0.3) is 0 Å². The zero-order valence-corrected chi connectivity index (χ0v) is 12.7. The molecule has 2 rings (SSSR count). The maximum atomic E-state index is 12.1. The average Bonchev–Trinajstić information content (AvgIpc) is 2.72. The van der Waals surface area contributed by atoms with Gasteiger partial charge in [-0.05, 0) is 18.1 Å².